The second-order valence-electron chi connectivity index (χ2n) is 4.53. The Kier molecular flexibility index (Phi) is 4.05. The van der Waals surface area contributed by atoms with Crippen molar-refractivity contribution in [3.8, 4) is 0 Å². The van der Waals surface area contributed by atoms with Crippen molar-refractivity contribution in [3.05, 3.63) is 28.5 Å². The van der Waals surface area contributed by atoms with E-state index in [9.17, 15) is 26.3 Å². The molecule has 2 rings (SSSR count). The number of aromatic amines is 1. The molecule has 0 aliphatic carbocycles. The zero-order valence-corrected chi connectivity index (χ0v) is 11.3. The van der Waals surface area contributed by atoms with Crippen LogP contribution in [0.2, 0.25) is 0 Å². The molecule has 1 heterocycles. The SMILES string of the molecule is FC(F)(F)CCCn1c(=S)[nH]c2cc(C(F)(F)F)ccc21. The number of rotatable bonds is 3. The standard InChI is InChI=1S/C12H10F6N2S/c13-11(14,15)4-1-5-20-9-3-2-7(12(16,17)18)6-8(9)19-10(20)21/h2-3,6H,1,4-5H2,(H,19,21). The number of hydrogen-bond acceptors (Lipinski definition) is 1. The summed E-state index contributed by atoms with van der Waals surface area (Å²) in [5, 5.41) is 0. The zero-order chi connectivity index (χ0) is 15.8. The molecule has 0 aliphatic heterocycles. The smallest absolute Gasteiger partial charge is 0.331 e. The predicted molar refractivity (Wildman–Crippen MR) is 67.4 cm³/mol. The maximum absolute atomic E-state index is 12.6. The van der Waals surface area contributed by atoms with Gasteiger partial charge in [0.2, 0.25) is 0 Å². The van der Waals surface area contributed by atoms with Gasteiger partial charge in [-0.25, -0.2) is 0 Å². The van der Waals surface area contributed by atoms with Crippen LogP contribution < -0.4 is 0 Å². The van der Waals surface area contributed by atoms with Crippen LogP contribution in [0.1, 0.15) is 18.4 Å². The molecular weight excluding hydrogens is 318 g/mol. The van der Waals surface area contributed by atoms with Crippen LogP contribution in [-0.4, -0.2) is 15.7 Å². The van der Waals surface area contributed by atoms with Crippen LogP contribution in [0.25, 0.3) is 11.0 Å². The van der Waals surface area contributed by atoms with E-state index in [1.54, 1.807) is 0 Å². The average molecular weight is 328 g/mol. The van der Waals surface area contributed by atoms with E-state index >= 15 is 0 Å². The molecule has 0 saturated heterocycles. The van der Waals surface area contributed by atoms with Crippen molar-refractivity contribution in [1.82, 2.24) is 9.55 Å². The van der Waals surface area contributed by atoms with Crippen molar-refractivity contribution in [3.63, 3.8) is 0 Å². The number of hydrogen-bond donors (Lipinski definition) is 1. The topological polar surface area (TPSA) is 20.7 Å². The Bertz CT molecular complexity index is 694. The van der Waals surface area contributed by atoms with E-state index in [1.807, 2.05) is 0 Å². The highest BCUT2D eigenvalue weighted by Crippen LogP contribution is 2.31. The van der Waals surface area contributed by atoms with Gasteiger partial charge in [-0.05, 0) is 36.8 Å². The Morgan fingerprint density at radius 2 is 1.76 bits per heavy atom. The summed E-state index contributed by atoms with van der Waals surface area (Å²) in [6.45, 7) is -0.0102. The number of H-pyrrole nitrogens is 1. The number of alkyl halides is 6. The summed E-state index contributed by atoms with van der Waals surface area (Å²) in [5.74, 6) is 0. The van der Waals surface area contributed by atoms with E-state index in [4.69, 9.17) is 12.2 Å². The lowest BCUT2D eigenvalue weighted by Crippen LogP contribution is -2.09. The van der Waals surface area contributed by atoms with Gasteiger partial charge in [-0.1, -0.05) is 0 Å². The first-order valence-electron chi connectivity index (χ1n) is 5.94. The fourth-order valence-corrected chi connectivity index (χ4v) is 2.30. The Morgan fingerprint density at radius 1 is 1.10 bits per heavy atom. The lowest BCUT2D eigenvalue weighted by atomic mass is 10.2. The Labute approximate surface area is 120 Å². The van der Waals surface area contributed by atoms with Gasteiger partial charge in [0.05, 0.1) is 16.6 Å². The summed E-state index contributed by atoms with van der Waals surface area (Å²) in [6, 6.07) is 2.98. The first-order chi connectivity index (χ1) is 9.58. The quantitative estimate of drug-likeness (QED) is 0.617. The normalized spacial score (nSPS) is 13.0. The van der Waals surface area contributed by atoms with Gasteiger partial charge in [-0.3, -0.25) is 0 Å². The fourth-order valence-electron chi connectivity index (χ4n) is 2.00. The van der Waals surface area contributed by atoms with Gasteiger partial charge in [0.1, 0.15) is 0 Å². The number of benzene rings is 1. The van der Waals surface area contributed by atoms with E-state index in [0.29, 0.717) is 5.52 Å². The van der Waals surface area contributed by atoms with Gasteiger partial charge in [0.15, 0.2) is 4.77 Å². The minimum atomic E-state index is -4.48. The van der Waals surface area contributed by atoms with Crippen molar-refractivity contribution in [2.24, 2.45) is 0 Å². The van der Waals surface area contributed by atoms with Crippen molar-refractivity contribution in [1.29, 1.82) is 0 Å². The summed E-state index contributed by atoms with van der Waals surface area (Å²) in [7, 11) is 0. The molecule has 21 heavy (non-hydrogen) atoms. The molecule has 0 unspecified atom stereocenters. The molecule has 1 aromatic heterocycles. The zero-order valence-electron chi connectivity index (χ0n) is 10.5. The van der Waals surface area contributed by atoms with Crippen LogP contribution in [0, 0.1) is 4.77 Å². The van der Waals surface area contributed by atoms with Crippen LogP contribution in [0.3, 0.4) is 0 Å². The minimum Gasteiger partial charge on any atom is -0.331 e. The van der Waals surface area contributed by atoms with Crippen molar-refractivity contribution in [2.45, 2.75) is 31.7 Å². The molecule has 2 aromatic rings. The molecule has 9 heteroatoms. The van der Waals surface area contributed by atoms with E-state index < -0.39 is 24.3 Å². The highest BCUT2D eigenvalue weighted by Gasteiger charge is 2.31. The summed E-state index contributed by atoms with van der Waals surface area (Å²) in [4.78, 5) is 2.58. The summed E-state index contributed by atoms with van der Waals surface area (Å²) in [5.41, 5.74) is -0.328. The molecule has 0 saturated carbocycles. The maximum atomic E-state index is 12.6. The lowest BCUT2D eigenvalue weighted by Gasteiger charge is -2.08. The molecule has 116 valence electrons. The number of imidazole rings is 1. The molecular formula is C12H10F6N2S. The monoisotopic (exact) mass is 328 g/mol. The average Bonchev–Trinajstić information content (AvgIpc) is 2.62. The molecule has 1 N–H and O–H groups in total. The molecule has 1 aromatic carbocycles. The summed E-state index contributed by atoms with van der Waals surface area (Å²) in [6.07, 6.45) is -9.91. The van der Waals surface area contributed by atoms with Gasteiger partial charge >= 0.3 is 12.4 Å². The number of nitrogens with zero attached hydrogens (tertiary/aromatic N) is 1. The predicted octanol–water partition coefficient (Wildman–Crippen LogP) is 5.06. The third-order valence-electron chi connectivity index (χ3n) is 2.94. The van der Waals surface area contributed by atoms with Crippen molar-refractivity contribution in [2.75, 3.05) is 0 Å². The van der Waals surface area contributed by atoms with Gasteiger partial charge in [0.25, 0.3) is 0 Å². The first-order valence-corrected chi connectivity index (χ1v) is 6.35. The van der Waals surface area contributed by atoms with Crippen LogP contribution in [0.15, 0.2) is 18.2 Å². The summed E-state index contributed by atoms with van der Waals surface area (Å²) < 4.78 is 75.6. The van der Waals surface area contributed by atoms with Gasteiger partial charge in [0, 0.05) is 13.0 Å². The molecule has 0 radical (unpaired) electrons. The van der Waals surface area contributed by atoms with Gasteiger partial charge in [-0.15, -0.1) is 0 Å². The highest BCUT2D eigenvalue weighted by atomic mass is 32.1. The van der Waals surface area contributed by atoms with E-state index in [-0.39, 0.29) is 23.3 Å². The number of aryl methyl sites for hydroxylation is 1. The van der Waals surface area contributed by atoms with Crippen molar-refractivity contribution >= 4 is 23.3 Å². The van der Waals surface area contributed by atoms with E-state index in [1.165, 1.54) is 10.6 Å². The third-order valence-corrected chi connectivity index (χ3v) is 3.27. The molecule has 0 bridgehead atoms. The first kappa shape index (κ1) is 15.9. The second-order valence-corrected chi connectivity index (χ2v) is 4.92. The van der Waals surface area contributed by atoms with Crippen molar-refractivity contribution < 1.29 is 26.3 Å². The molecule has 0 aliphatic rings. The number of fused-ring (bicyclic) bond motifs is 1. The second kappa shape index (κ2) is 5.36. The van der Waals surface area contributed by atoms with Crippen LogP contribution in [0.4, 0.5) is 26.3 Å². The number of nitrogens with one attached hydrogen (secondary N) is 1. The Morgan fingerprint density at radius 3 is 2.33 bits per heavy atom. The fraction of sp³-hybridized carbons (Fsp3) is 0.417. The molecule has 0 atom stereocenters. The molecule has 0 spiro atoms. The summed E-state index contributed by atoms with van der Waals surface area (Å²) >= 11 is 4.94. The van der Waals surface area contributed by atoms with Crippen LogP contribution >= 0.6 is 12.2 Å². The molecule has 2 nitrogen and oxygen atoms in total. The van der Waals surface area contributed by atoms with Crippen LogP contribution in [-0.2, 0) is 12.7 Å². The largest absolute Gasteiger partial charge is 0.416 e. The van der Waals surface area contributed by atoms with E-state index in [0.717, 1.165) is 12.1 Å². The Balaban J connectivity index is 2.29. The van der Waals surface area contributed by atoms with E-state index in [2.05, 4.69) is 4.98 Å². The van der Waals surface area contributed by atoms with Gasteiger partial charge < -0.3 is 9.55 Å². The molecule has 0 amide bonds. The minimum absolute atomic E-state index is 0.0102. The maximum Gasteiger partial charge on any atom is 0.416 e. The number of halogens is 6. The van der Waals surface area contributed by atoms with Crippen LogP contribution in [0.5, 0.6) is 0 Å². The molecule has 0 fully saturated rings. The highest BCUT2D eigenvalue weighted by molar-refractivity contribution is 7.71. The van der Waals surface area contributed by atoms with Gasteiger partial charge in [-0.2, -0.15) is 26.3 Å². The Hall–Kier alpha value is -1.51. The third kappa shape index (κ3) is 3.78. The number of aromatic nitrogens is 2. The lowest BCUT2D eigenvalue weighted by molar-refractivity contribution is -0.137.